The second-order valence-electron chi connectivity index (χ2n) is 6.75. The van der Waals surface area contributed by atoms with Crippen LogP contribution in [0.1, 0.15) is 41.6 Å². The Morgan fingerprint density at radius 2 is 1.65 bits per heavy atom. The molecule has 0 radical (unpaired) electrons. The molecular weight excluding hydrogens is 326 g/mol. The van der Waals surface area contributed by atoms with Crippen LogP contribution >= 0.6 is 0 Å². The van der Waals surface area contributed by atoms with Crippen LogP contribution in [-0.2, 0) is 11.2 Å². The van der Waals surface area contributed by atoms with Crippen LogP contribution in [0.2, 0.25) is 0 Å². The normalized spacial score (nSPS) is 14.5. The Bertz CT molecular complexity index is 763. The summed E-state index contributed by atoms with van der Waals surface area (Å²) in [7, 11) is 0. The van der Waals surface area contributed by atoms with E-state index in [9.17, 15) is 9.59 Å². The summed E-state index contributed by atoms with van der Waals surface area (Å²) >= 11 is 0. The minimum atomic E-state index is -0.117. The first kappa shape index (κ1) is 18.0. The first-order valence-corrected chi connectivity index (χ1v) is 9.15. The standard InChI is InChI=1S/C21H25N3O2/c22-18-10-8-16(9-11-18)14-20(25)23-19-7-5-6-17(15-19)21(26)24-12-3-1-2-4-13-24/h5-11,15H,1-4,12-14,22H2,(H,23,25). The maximum atomic E-state index is 12.7. The largest absolute Gasteiger partial charge is 0.399 e. The van der Waals surface area contributed by atoms with Crippen LogP contribution < -0.4 is 11.1 Å². The highest BCUT2D eigenvalue weighted by Gasteiger charge is 2.17. The van der Waals surface area contributed by atoms with Gasteiger partial charge in [0.15, 0.2) is 0 Å². The Kier molecular flexibility index (Phi) is 5.89. The summed E-state index contributed by atoms with van der Waals surface area (Å²) in [5.74, 6) is -0.0734. The predicted molar refractivity (Wildman–Crippen MR) is 104 cm³/mol. The third-order valence-corrected chi connectivity index (χ3v) is 4.63. The van der Waals surface area contributed by atoms with E-state index in [4.69, 9.17) is 5.73 Å². The number of nitrogens with zero attached hydrogens (tertiary/aromatic N) is 1. The lowest BCUT2D eigenvalue weighted by atomic mass is 10.1. The van der Waals surface area contributed by atoms with Crippen molar-refractivity contribution in [2.24, 2.45) is 0 Å². The van der Waals surface area contributed by atoms with E-state index in [1.54, 1.807) is 24.3 Å². The van der Waals surface area contributed by atoms with Crippen molar-refractivity contribution in [3.05, 3.63) is 59.7 Å². The van der Waals surface area contributed by atoms with Crippen LogP contribution in [0.5, 0.6) is 0 Å². The molecule has 0 bridgehead atoms. The summed E-state index contributed by atoms with van der Waals surface area (Å²) in [6.45, 7) is 1.62. The molecule has 3 N–H and O–H groups in total. The second kappa shape index (κ2) is 8.52. The molecule has 1 fully saturated rings. The fraction of sp³-hybridized carbons (Fsp3) is 0.333. The first-order valence-electron chi connectivity index (χ1n) is 9.15. The monoisotopic (exact) mass is 351 g/mol. The van der Waals surface area contributed by atoms with Gasteiger partial charge in [0.25, 0.3) is 5.91 Å². The van der Waals surface area contributed by atoms with Gasteiger partial charge in [-0.25, -0.2) is 0 Å². The molecule has 136 valence electrons. The van der Waals surface area contributed by atoms with Crippen LogP contribution in [-0.4, -0.2) is 29.8 Å². The molecule has 2 aromatic rings. The average Bonchev–Trinajstić information content (AvgIpc) is 2.92. The highest BCUT2D eigenvalue weighted by Crippen LogP contribution is 2.17. The van der Waals surface area contributed by atoms with Gasteiger partial charge in [-0.05, 0) is 48.7 Å². The van der Waals surface area contributed by atoms with Gasteiger partial charge >= 0.3 is 0 Å². The van der Waals surface area contributed by atoms with Crippen LogP contribution in [0, 0.1) is 0 Å². The number of carbonyl (C=O) groups is 2. The minimum Gasteiger partial charge on any atom is -0.399 e. The van der Waals surface area contributed by atoms with Crippen LogP contribution in [0.4, 0.5) is 11.4 Å². The third-order valence-electron chi connectivity index (χ3n) is 4.63. The lowest BCUT2D eigenvalue weighted by Crippen LogP contribution is -2.31. The van der Waals surface area contributed by atoms with Gasteiger partial charge in [0.2, 0.25) is 5.91 Å². The molecule has 2 amide bonds. The van der Waals surface area contributed by atoms with Gasteiger partial charge in [-0.1, -0.05) is 31.0 Å². The van der Waals surface area contributed by atoms with Crippen molar-refractivity contribution in [2.75, 3.05) is 24.1 Å². The summed E-state index contributed by atoms with van der Waals surface area (Å²) in [5.41, 5.74) is 8.50. The number of carbonyl (C=O) groups excluding carboxylic acids is 2. The van der Waals surface area contributed by atoms with E-state index in [0.29, 0.717) is 16.9 Å². The van der Waals surface area contributed by atoms with E-state index in [1.165, 1.54) is 12.8 Å². The van der Waals surface area contributed by atoms with E-state index >= 15 is 0 Å². The highest BCUT2D eigenvalue weighted by molar-refractivity contribution is 5.97. The molecule has 0 saturated carbocycles. The number of nitrogens with two attached hydrogens (primary N) is 1. The van der Waals surface area contributed by atoms with E-state index < -0.39 is 0 Å². The summed E-state index contributed by atoms with van der Waals surface area (Å²) in [5, 5.41) is 2.87. The van der Waals surface area contributed by atoms with Crippen molar-refractivity contribution in [2.45, 2.75) is 32.1 Å². The molecule has 0 aliphatic carbocycles. The molecule has 1 heterocycles. The number of hydrogen-bond donors (Lipinski definition) is 2. The van der Waals surface area contributed by atoms with Crippen molar-refractivity contribution in [1.29, 1.82) is 0 Å². The Morgan fingerprint density at radius 3 is 2.35 bits per heavy atom. The van der Waals surface area contributed by atoms with E-state index in [-0.39, 0.29) is 18.2 Å². The molecule has 0 atom stereocenters. The number of amides is 2. The fourth-order valence-electron chi connectivity index (χ4n) is 3.21. The van der Waals surface area contributed by atoms with Gasteiger partial charge in [-0.2, -0.15) is 0 Å². The fourth-order valence-corrected chi connectivity index (χ4v) is 3.21. The van der Waals surface area contributed by atoms with Gasteiger partial charge in [-0.15, -0.1) is 0 Å². The molecule has 1 aliphatic heterocycles. The van der Waals surface area contributed by atoms with Crippen LogP contribution in [0.15, 0.2) is 48.5 Å². The number of benzene rings is 2. The zero-order chi connectivity index (χ0) is 18.4. The maximum Gasteiger partial charge on any atom is 0.253 e. The Morgan fingerprint density at radius 1 is 0.962 bits per heavy atom. The SMILES string of the molecule is Nc1ccc(CC(=O)Nc2cccc(C(=O)N3CCCCCC3)c2)cc1. The molecule has 5 heteroatoms. The van der Waals surface area contributed by atoms with Crippen LogP contribution in [0.3, 0.4) is 0 Å². The predicted octanol–water partition coefficient (Wildman–Crippen LogP) is 3.47. The van der Waals surface area contributed by atoms with Crippen molar-refractivity contribution < 1.29 is 9.59 Å². The second-order valence-corrected chi connectivity index (χ2v) is 6.75. The Balaban J connectivity index is 1.63. The summed E-state index contributed by atoms with van der Waals surface area (Å²) in [6, 6.07) is 14.4. The molecular formula is C21H25N3O2. The maximum absolute atomic E-state index is 12.7. The smallest absolute Gasteiger partial charge is 0.253 e. The summed E-state index contributed by atoms with van der Waals surface area (Å²) < 4.78 is 0. The van der Waals surface area contributed by atoms with E-state index in [1.807, 2.05) is 29.2 Å². The van der Waals surface area contributed by atoms with Gasteiger partial charge in [0, 0.05) is 30.0 Å². The Labute approximate surface area is 154 Å². The zero-order valence-electron chi connectivity index (χ0n) is 14.9. The number of anilines is 2. The highest BCUT2D eigenvalue weighted by atomic mass is 16.2. The zero-order valence-corrected chi connectivity index (χ0v) is 14.9. The molecule has 1 saturated heterocycles. The number of likely N-dealkylation sites (tertiary alicyclic amines) is 1. The molecule has 0 unspecified atom stereocenters. The van der Waals surface area contributed by atoms with Crippen molar-refractivity contribution in [3.8, 4) is 0 Å². The molecule has 1 aliphatic rings. The van der Waals surface area contributed by atoms with Gasteiger partial charge < -0.3 is 16.0 Å². The molecule has 0 spiro atoms. The molecule has 3 rings (SSSR count). The van der Waals surface area contributed by atoms with Crippen molar-refractivity contribution in [3.63, 3.8) is 0 Å². The summed E-state index contributed by atoms with van der Waals surface area (Å²) in [6.07, 6.45) is 4.76. The quantitative estimate of drug-likeness (QED) is 0.828. The number of hydrogen-bond acceptors (Lipinski definition) is 3. The number of nitrogens with one attached hydrogen (secondary N) is 1. The van der Waals surface area contributed by atoms with Gasteiger partial charge in [0.1, 0.15) is 0 Å². The number of nitrogen functional groups attached to an aromatic ring is 1. The topological polar surface area (TPSA) is 75.4 Å². The average molecular weight is 351 g/mol. The van der Waals surface area contributed by atoms with Crippen LogP contribution in [0.25, 0.3) is 0 Å². The van der Waals surface area contributed by atoms with Crippen molar-refractivity contribution >= 4 is 23.2 Å². The van der Waals surface area contributed by atoms with Crippen molar-refractivity contribution in [1.82, 2.24) is 4.90 Å². The molecule has 0 aromatic heterocycles. The molecule has 2 aromatic carbocycles. The minimum absolute atomic E-state index is 0.0431. The van der Waals surface area contributed by atoms with E-state index in [2.05, 4.69) is 5.32 Å². The molecule has 26 heavy (non-hydrogen) atoms. The van der Waals surface area contributed by atoms with E-state index in [0.717, 1.165) is 31.5 Å². The van der Waals surface area contributed by atoms with Gasteiger partial charge in [-0.3, -0.25) is 9.59 Å². The molecule has 5 nitrogen and oxygen atoms in total. The Hall–Kier alpha value is -2.82. The van der Waals surface area contributed by atoms with Gasteiger partial charge in [0.05, 0.1) is 6.42 Å². The number of rotatable bonds is 4. The lowest BCUT2D eigenvalue weighted by Gasteiger charge is -2.20. The lowest BCUT2D eigenvalue weighted by molar-refractivity contribution is -0.115. The first-order chi connectivity index (χ1) is 12.6. The third kappa shape index (κ3) is 4.85. The summed E-state index contributed by atoms with van der Waals surface area (Å²) in [4.78, 5) is 26.9.